The second-order valence-corrected chi connectivity index (χ2v) is 3.84. The molecule has 1 aromatic rings. The standard InChI is InChI=1S/C13H19NO4/c1-3-14-12(13(15)16)9-18-11-6-4-5-10(7-11)8-17-2/h4-7,12,14H,3,8-9H2,1-2H3,(H,15,16). The molecule has 0 aliphatic carbocycles. The molecule has 100 valence electrons. The Morgan fingerprint density at radius 3 is 2.89 bits per heavy atom. The number of carboxylic acids is 1. The zero-order valence-corrected chi connectivity index (χ0v) is 10.7. The second kappa shape index (κ2) is 7.68. The number of hydrogen-bond donors (Lipinski definition) is 2. The summed E-state index contributed by atoms with van der Waals surface area (Å²) in [5.41, 5.74) is 0.991. The van der Waals surface area contributed by atoms with Gasteiger partial charge in [0.2, 0.25) is 0 Å². The molecule has 1 atom stereocenters. The van der Waals surface area contributed by atoms with Gasteiger partial charge in [-0.25, -0.2) is 0 Å². The Kier molecular flexibility index (Phi) is 6.18. The number of ether oxygens (including phenoxy) is 2. The molecular weight excluding hydrogens is 234 g/mol. The van der Waals surface area contributed by atoms with E-state index in [1.165, 1.54) is 0 Å². The average Bonchev–Trinajstić information content (AvgIpc) is 2.35. The summed E-state index contributed by atoms with van der Waals surface area (Å²) in [6, 6.07) is 6.72. The number of likely N-dealkylation sites (N-methyl/N-ethyl adjacent to an activating group) is 1. The topological polar surface area (TPSA) is 67.8 Å². The predicted molar refractivity (Wildman–Crippen MR) is 67.8 cm³/mol. The largest absolute Gasteiger partial charge is 0.491 e. The summed E-state index contributed by atoms with van der Waals surface area (Å²) >= 11 is 0. The van der Waals surface area contributed by atoms with Crippen LogP contribution in [0.15, 0.2) is 24.3 Å². The van der Waals surface area contributed by atoms with Crippen LogP contribution in [-0.4, -0.2) is 37.4 Å². The zero-order chi connectivity index (χ0) is 13.4. The van der Waals surface area contributed by atoms with Gasteiger partial charge >= 0.3 is 5.97 Å². The normalized spacial score (nSPS) is 12.1. The average molecular weight is 253 g/mol. The predicted octanol–water partition coefficient (Wildman–Crippen LogP) is 1.27. The summed E-state index contributed by atoms with van der Waals surface area (Å²) < 4.78 is 10.5. The van der Waals surface area contributed by atoms with Crippen LogP contribution in [0.2, 0.25) is 0 Å². The number of carboxylic acid groups (broad SMARTS) is 1. The van der Waals surface area contributed by atoms with Crippen molar-refractivity contribution in [1.82, 2.24) is 5.32 Å². The van der Waals surface area contributed by atoms with Crippen molar-refractivity contribution in [3.05, 3.63) is 29.8 Å². The number of nitrogens with one attached hydrogen (secondary N) is 1. The second-order valence-electron chi connectivity index (χ2n) is 3.84. The number of benzene rings is 1. The molecule has 1 aromatic carbocycles. The highest BCUT2D eigenvalue weighted by Gasteiger charge is 2.16. The van der Waals surface area contributed by atoms with Gasteiger partial charge in [-0.15, -0.1) is 0 Å². The van der Waals surface area contributed by atoms with E-state index in [4.69, 9.17) is 14.6 Å². The van der Waals surface area contributed by atoms with Crippen molar-refractivity contribution in [2.24, 2.45) is 0 Å². The lowest BCUT2D eigenvalue weighted by atomic mass is 10.2. The van der Waals surface area contributed by atoms with Gasteiger partial charge in [0.15, 0.2) is 0 Å². The van der Waals surface area contributed by atoms with Crippen LogP contribution in [0.1, 0.15) is 12.5 Å². The third-order valence-corrected chi connectivity index (χ3v) is 2.37. The van der Waals surface area contributed by atoms with Crippen molar-refractivity contribution in [3.8, 4) is 5.75 Å². The summed E-state index contributed by atoms with van der Waals surface area (Å²) in [5.74, 6) is -0.265. The van der Waals surface area contributed by atoms with E-state index >= 15 is 0 Å². The molecule has 5 nitrogen and oxygen atoms in total. The van der Waals surface area contributed by atoms with Gasteiger partial charge in [0.05, 0.1) is 6.61 Å². The lowest BCUT2D eigenvalue weighted by molar-refractivity contribution is -0.140. The van der Waals surface area contributed by atoms with Gasteiger partial charge in [-0.1, -0.05) is 19.1 Å². The van der Waals surface area contributed by atoms with Crippen LogP contribution in [0.5, 0.6) is 5.75 Å². The molecule has 0 aliphatic rings. The Bertz CT molecular complexity index is 381. The SMILES string of the molecule is CCNC(COc1cccc(COC)c1)C(=O)O. The monoisotopic (exact) mass is 253 g/mol. The highest BCUT2D eigenvalue weighted by Crippen LogP contribution is 2.14. The molecule has 0 aromatic heterocycles. The summed E-state index contributed by atoms with van der Waals surface area (Å²) in [6.07, 6.45) is 0. The van der Waals surface area contributed by atoms with Crippen LogP contribution in [0.3, 0.4) is 0 Å². The molecule has 18 heavy (non-hydrogen) atoms. The molecule has 0 fully saturated rings. The fraction of sp³-hybridized carbons (Fsp3) is 0.462. The smallest absolute Gasteiger partial charge is 0.324 e. The van der Waals surface area contributed by atoms with Gasteiger partial charge < -0.3 is 19.9 Å². The number of methoxy groups -OCH3 is 1. The number of carbonyl (C=O) groups is 1. The van der Waals surface area contributed by atoms with Crippen LogP contribution in [0.25, 0.3) is 0 Å². The zero-order valence-electron chi connectivity index (χ0n) is 10.7. The van der Waals surface area contributed by atoms with E-state index in [1.54, 1.807) is 13.2 Å². The van der Waals surface area contributed by atoms with Crippen molar-refractivity contribution in [1.29, 1.82) is 0 Å². The molecule has 0 radical (unpaired) electrons. The first-order valence-corrected chi connectivity index (χ1v) is 5.84. The van der Waals surface area contributed by atoms with Gasteiger partial charge in [-0.3, -0.25) is 4.79 Å². The first-order chi connectivity index (χ1) is 8.67. The molecule has 0 spiro atoms. The molecule has 5 heteroatoms. The Balaban J connectivity index is 2.55. The van der Waals surface area contributed by atoms with Gasteiger partial charge in [0.25, 0.3) is 0 Å². The summed E-state index contributed by atoms with van der Waals surface area (Å²) in [5, 5.41) is 11.8. The van der Waals surface area contributed by atoms with E-state index < -0.39 is 12.0 Å². The van der Waals surface area contributed by atoms with Crippen LogP contribution in [0, 0.1) is 0 Å². The molecular formula is C13H19NO4. The third-order valence-electron chi connectivity index (χ3n) is 2.37. The minimum atomic E-state index is -0.912. The van der Waals surface area contributed by atoms with Crippen molar-refractivity contribution in [2.45, 2.75) is 19.6 Å². The number of rotatable bonds is 8. The Hall–Kier alpha value is -1.59. The van der Waals surface area contributed by atoms with Gasteiger partial charge in [-0.05, 0) is 24.2 Å². The molecule has 2 N–H and O–H groups in total. The molecule has 0 amide bonds. The third kappa shape index (κ3) is 4.73. The fourth-order valence-corrected chi connectivity index (χ4v) is 1.54. The highest BCUT2D eigenvalue weighted by atomic mass is 16.5. The Morgan fingerprint density at radius 2 is 2.28 bits per heavy atom. The van der Waals surface area contributed by atoms with Crippen LogP contribution >= 0.6 is 0 Å². The first-order valence-electron chi connectivity index (χ1n) is 5.84. The lowest BCUT2D eigenvalue weighted by Gasteiger charge is -2.14. The quantitative estimate of drug-likeness (QED) is 0.730. The fourth-order valence-electron chi connectivity index (χ4n) is 1.54. The van der Waals surface area contributed by atoms with E-state index in [9.17, 15) is 4.79 Å². The highest BCUT2D eigenvalue weighted by molar-refractivity contribution is 5.73. The van der Waals surface area contributed by atoms with Crippen LogP contribution in [-0.2, 0) is 16.1 Å². The van der Waals surface area contributed by atoms with Gasteiger partial charge in [-0.2, -0.15) is 0 Å². The summed E-state index contributed by atoms with van der Waals surface area (Å²) in [4.78, 5) is 10.9. The van der Waals surface area contributed by atoms with Crippen LogP contribution in [0.4, 0.5) is 0 Å². The minimum absolute atomic E-state index is 0.0968. The van der Waals surface area contributed by atoms with E-state index in [1.807, 2.05) is 25.1 Å². The molecule has 0 saturated carbocycles. The van der Waals surface area contributed by atoms with Crippen molar-refractivity contribution >= 4 is 5.97 Å². The van der Waals surface area contributed by atoms with Crippen molar-refractivity contribution in [2.75, 3.05) is 20.3 Å². The van der Waals surface area contributed by atoms with Gasteiger partial charge in [0.1, 0.15) is 18.4 Å². The maximum atomic E-state index is 10.9. The number of aliphatic carboxylic acids is 1. The molecule has 1 unspecified atom stereocenters. The first kappa shape index (κ1) is 14.5. The van der Waals surface area contributed by atoms with Crippen molar-refractivity contribution < 1.29 is 19.4 Å². The molecule has 0 saturated heterocycles. The van der Waals surface area contributed by atoms with Crippen molar-refractivity contribution in [3.63, 3.8) is 0 Å². The Morgan fingerprint density at radius 1 is 1.50 bits per heavy atom. The Labute approximate surface area is 107 Å². The van der Waals surface area contributed by atoms with E-state index in [-0.39, 0.29) is 6.61 Å². The maximum absolute atomic E-state index is 10.9. The number of hydrogen-bond acceptors (Lipinski definition) is 4. The minimum Gasteiger partial charge on any atom is -0.491 e. The summed E-state index contributed by atoms with van der Waals surface area (Å²) in [7, 11) is 1.62. The molecule has 0 heterocycles. The molecule has 0 aliphatic heterocycles. The van der Waals surface area contributed by atoms with E-state index in [0.29, 0.717) is 18.9 Å². The lowest BCUT2D eigenvalue weighted by Crippen LogP contribution is -2.41. The van der Waals surface area contributed by atoms with Crippen LogP contribution < -0.4 is 10.1 Å². The van der Waals surface area contributed by atoms with Gasteiger partial charge in [0, 0.05) is 7.11 Å². The molecule has 0 bridgehead atoms. The maximum Gasteiger partial charge on any atom is 0.324 e. The van der Waals surface area contributed by atoms with E-state index in [2.05, 4.69) is 5.32 Å². The summed E-state index contributed by atoms with van der Waals surface area (Å²) in [6.45, 7) is 3.05. The molecule has 1 rings (SSSR count). The van der Waals surface area contributed by atoms with E-state index in [0.717, 1.165) is 5.56 Å².